The van der Waals surface area contributed by atoms with Gasteiger partial charge in [0.05, 0.1) is 17.8 Å². The van der Waals surface area contributed by atoms with Gasteiger partial charge in [-0.25, -0.2) is 4.98 Å². The Morgan fingerprint density at radius 3 is 2.75 bits per heavy atom. The van der Waals surface area contributed by atoms with Gasteiger partial charge in [0.15, 0.2) is 5.69 Å². The van der Waals surface area contributed by atoms with Crippen molar-refractivity contribution in [3.63, 3.8) is 0 Å². The van der Waals surface area contributed by atoms with Crippen LogP contribution in [0.1, 0.15) is 29.0 Å². The topological polar surface area (TPSA) is 92.9 Å². The molecule has 1 saturated carbocycles. The Balaban J connectivity index is 1.40. The number of hydrogen-bond acceptors (Lipinski definition) is 5. The number of carbonyl (C=O) groups excluding carboxylic acids is 1. The van der Waals surface area contributed by atoms with Crippen LogP contribution in [0.5, 0.6) is 0 Å². The van der Waals surface area contributed by atoms with E-state index in [-0.39, 0.29) is 23.6 Å². The SMILES string of the molecule is Cc1ccc(C(=O)N[C@@H]2CC(Cn3ccnc3-c3ccccc3)C[C@H]2O)nn1. The maximum atomic E-state index is 12.4. The molecule has 7 nitrogen and oxygen atoms in total. The number of aliphatic hydroxyl groups is 1. The minimum Gasteiger partial charge on any atom is -0.391 e. The van der Waals surface area contributed by atoms with E-state index in [0.29, 0.717) is 12.8 Å². The predicted molar refractivity (Wildman–Crippen MR) is 104 cm³/mol. The summed E-state index contributed by atoms with van der Waals surface area (Å²) in [6.45, 7) is 2.57. The molecule has 0 bridgehead atoms. The van der Waals surface area contributed by atoms with E-state index in [1.165, 1.54) is 0 Å². The van der Waals surface area contributed by atoms with E-state index in [1.807, 2.05) is 43.5 Å². The molecule has 2 heterocycles. The first-order valence-corrected chi connectivity index (χ1v) is 9.46. The lowest BCUT2D eigenvalue weighted by atomic mass is 10.1. The van der Waals surface area contributed by atoms with Crippen molar-refractivity contribution in [3.8, 4) is 11.4 Å². The fourth-order valence-electron chi connectivity index (χ4n) is 3.77. The minimum atomic E-state index is -0.573. The third kappa shape index (κ3) is 3.94. The highest BCUT2D eigenvalue weighted by Gasteiger charge is 2.34. The zero-order chi connectivity index (χ0) is 19.5. The lowest BCUT2D eigenvalue weighted by molar-refractivity contribution is 0.0867. The zero-order valence-electron chi connectivity index (χ0n) is 15.7. The maximum absolute atomic E-state index is 12.4. The van der Waals surface area contributed by atoms with Gasteiger partial charge in [-0.15, -0.1) is 5.10 Å². The number of amides is 1. The van der Waals surface area contributed by atoms with Crippen LogP contribution in [0.2, 0.25) is 0 Å². The fourth-order valence-corrected chi connectivity index (χ4v) is 3.77. The van der Waals surface area contributed by atoms with E-state index >= 15 is 0 Å². The second kappa shape index (κ2) is 7.90. The average Bonchev–Trinajstić information content (AvgIpc) is 3.30. The van der Waals surface area contributed by atoms with Crippen molar-refractivity contribution in [2.75, 3.05) is 0 Å². The van der Waals surface area contributed by atoms with Gasteiger partial charge in [0.25, 0.3) is 5.91 Å². The van der Waals surface area contributed by atoms with E-state index in [0.717, 1.165) is 23.6 Å². The molecule has 2 N–H and O–H groups in total. The van der Waals surface area contributed by atoms with Crippen molar-refractivity contribution in [2.45, 2.75) is 38.5 Å². The van der Waals surface area contributed by atoms with Crippen LogP contribution in [0.25, 0.3) is 11.4 Å². The van der Waals surface area contributed by atoms with E-state index in [2.05, 4.69) is 25.1 Å². The first-order chi connectivity index (χ1) is 13.6. The number of carbonyl (C=O) groups is 1. The third-order valence-corrected chi connectivity index (χ3v) is 5.18. The molecule has 1 unspecified atom stereocenters. The van der Waals surface area contributed by atoms with Gasteiger partial charge in [0.2, 0.25) is 0 Å². The van der Waals surface area contributed by atoms with Crippen molar-refractivity contribution in [2.24, 2.45) is 5.92 Å². The van der Waals surface area contributed by atoms with Crippen molar-refractivity contribution < 1.29 is 9.90 Å². The second-order valence-corrected chi connectivity index (χ2v) is 7.31. The molecule has 1 fully saturated rings. The molecule has 1 aliphatic rings. The average molecular weight is 377 g/mol. The lowest BCUT2D eigenvalue weighted by Gasteiger charge is -2.16. The van der Waals surface area contributed by atoms with Crippen LogP contribution in [-0.4, -0.2) is 42.9 Å². The van der Waals surface area contributed by atoms with E-state index in [4.69, 9.17) is 0 Å². The fraction of sp³-hybridized carbons (Fsp3) is 0.333. The van der Waals surface area contributed by atoms with Gasteiger partial charge in [0, 0.05) is 24.5 Å². The summed E-state index contributed by atoms with van der Waals surface area (Å²) in [6, 6.07) is 13.1. The summed E-state index contributed by atoms with van der Waals surface area (Å²) in [5.41, 5.74) is 2.09. The molecule has 1 aliphatic carbocycles. The Hall–Kier alpha value is -3.06. The number of aliphatic hydroxyl groups excluding tert-OH is 1. The molecular formula is C21H23N5O2. The molecule has 28 heavy (non-hydrogen) atoms. The summed E-state index contributed by atoms with van der Waals surface area (Å²) in [5, 5.41) is 21.2. The maximum Gasteiger partial charge on any atom is 0.272 e. The van der Waals surface area contributed by atoms with Gasteiger partial charge in [-0.3, -0.25) is 4.79 Å². The van der Waals surface area contributed by atoms with Crippen LogP contribution < -0.4 is 5.32 Å². The van der Waals surface area contributed by atoms with Gasteiger partial charge in [-0.1, -0.05) is 30.3 Å². The van der Waals surface area contributed by atoms with Crippen LogP contribution in [-0.2, 0) is 6.54 Å². The van der Waals surface area contributed by atoms with Crippen LogP contribution in [0, 0.1) is 12.8 Å². The Morgan fingerprint density at radius 1 is 1.18 bits per heavy atom. The van der Waals surface area contributed by atoms with Gasteiger partial charge in [-0.2, -0.15) is 5.10 Å². The van der Waals surface area contributed by atoms with E-state index in [1.54, 1.807) is 18.3 Å². The first kappa shape index (κ1) is 18.3. The van der Waals surface area contributed by atoms with Crippen molar-refractivity contribution in [3.05, 3.63) is 66.2 Å². The molecule has 0 radical (unpaired) electrons. The summed E-state index contributed by atoms with van der Waals surface area (Å²) < 4.78 is 2.11. The summed E-state index contributed by atoms with van der Waals surface area (Å²) in [5.74, 6) is 0.864. The number of aryl methyl sites for hydroxylation is 1. The Bertz CT molecular complexity index is 939. The molecule has 7 heteroatoms. The number of aromatic nitrogens is 4. The number of rotatable bonds is 5. The highest BCUT2D eigenvalue weighted by molar-refractivity contribution is 5.92. The zero-order valence-corrected chi connectivity index (χ0v) is 15.7. The Kier molecular flexibility index (Phi) is 5.16. The smallest absolute Gasteiger partial charge is 0.272 e. The number of hydrogen-bond donors (Lipinski definition) is 2. The Labute approximate surface area is 163 Å². The summed E-state index contributed by atoms with van der Waals surface area (Å²) in [6.07, 6.45) is 4.53. The molecule has 144 valence electrons. The van der Waals surface area contributed by atoms with Gasteiger partial charge in [-0.05, 0) is 37.8 Å². The standard InChI is InChI=1S/C21H23N5O2/c1-14-7-8-17(25-24-14)21(28)23-18-11-15(12-19(18)27)13-26-10-9-22-20(26)16-5-3-2-4-6-16/h2-10,15,18-19,27H,11-13H2,1H3,(H,23,28)/t15?,18-,19-/m1/s1. The quantitative estimate of drug-likeness (QED) is 0.711. The summed E-state index contributed by atoms with van der Waals surface area (Å²) >= 11 is 0. The lowest BCUT2D eigenvalue weighted by Crippen LogP contribution is -2.40. The molecule has 3 aromatic rings. The number of nitrogens with one attached hydrogen (secondary N) is 1. The molecule has 0 saturated heterocycles. The van der Waals surface area contributed by atoms with Gasteiger partial charge >= 0.3 is 0 Å². The normalized spacial score (nSPS) is 21.6. The number of benzene rings is 1. The molecule has 2 aromatic heterocycles. The number of imidazole rings is 1. The molecule has 0 aliphatic heterocycles. The number of nitrogens with zero attached hydrogens (tertiary/aromatic N) is 4. The third-order valence-electron chi connectivity index (χ3n) is 5.18. The van der Waals surface area contributed by atoms with Gasteiger partial charge < -0.3 is 15.0 Å². The summed E-state index contributed by atoms with van der Waals surface area (Å²) in [7, 11) is 0. The molecule has 4 rings (SSSR count). The Morgan fingerprint density at radius 2 is 2.00 bits per heavy atom. The van der Waals surface area contributed by atoms with E-state index < -0.39 is 6.10 Å². The van der Waals surface area contributed by atoms with Crippen LogP contribution in [0.4, 0.5) is 0 Å². The highest BCUT2D eigenvalue weighted by atomic mass is 16.3. The second-order valence-electron chi connectivity index (χ2n) is 7.31. The molecule has 3 atom stereocenters. The monoisotopic (exact) mass is 377 g/mol. The highest BCUT2D eigenvalue weighted by Crippen LogP contribution is 2.29. The largest absolute Gasteiger partial charge is 0.391 e. The molecular weight excluding hydrogens is 354 g/mol. The van der Waals surface area contributed by atoms with Crippen LogP contribution in [0.15, 0.2) is 54.9 Å². The van der Waals surface area contributed by atoms with Crippen molar-refractivity contribution in [1.82, 2.24) is 25.1 Å². The predicted octanol–water partition coefficient (Wildman–Crippen LogP) is 2.22. The van der Waals surface area contributed by atoms with Crippen LogP contribution in [0.3, 0.4) is 0 Å². The molecule has 1 amide bonds. The minimum absolute atomic E-state index is 0.251. The molecule has 0 spiro atoms. The summed E-state index contributed by atoms with van der Waals surface area (Å²) in [4.78, 5) is 16.9. The molecule has 1 aromatic carbocycles. The van der Waals surface area contributed by atoms with E-state index in [9.17, 15) is 9.90 Å². The van der Waals surface area contributed by atoms with Crippen LogP contribution >= 0.6 is 0 Å². The van der Waals surface area contributed by atoms with Gasteiger partial charge in [0.1, 0.15) is 5.82 Å². The van der Waals surface area contributed by atoms with Crippen molar-refractivity contribution in [1.29, 1.82) is 0 Å². The van der Waals surface area contributed by atoms with Crippen molar-refractivity contribution >= 4 is 5.91 Å². The first-order valence-electron chi connectivity index (χ1n) is 9.46.